The molecule has 0 radical (unpaired) electrons. The molecule has 14 nitrogen and oxygen atoms in total. The van der Waals surface area contributed by atoms with E-state index < -0.39 is 65.7 Å². The Morgan fingerprint density at radius 2 is 1.60 bits per heavy atom. The molecule has 0 saturated carbocycles. The molecule has 0 aliphatic heterocycles. The minimum atomic E-state index is -1.53. The Labute approximate surface area is 278 Å². The number of amides is 6. The van der Waals surface area contributed by atoms with Gasteiger partial charge in [0.05, 0.1) is 6.42 Å². The molecule has 0 bridgehead atoms. The van der Waals surface area contributed by atoms with Crippen LogP contribution in [0.5, 0.6) is 0 Å². The summed E-state index contributed by atoms with van der Waals surface area (Å²) in [7, 11) is 0. The third-order valence-electron chi connectivity index (χ3n) is 8.77. The summed E-state index contributed by atoms with van der Waals surface area (Å²) in [4.78, 5) is 80.6. The molecule has 0 fully saturated rings. The van der Waals surface area contributed by atoms with E-state index in [-0.39, 0.29) is 25.4 Å². The van der Waals surface area contributed by atoms with Gasteiger partial charge in [0.1, 0.15) is 30.3 Å². The van der Waals surface area contributed by atoms with Gasteiger partial charge in [0, 0.05) is 23.0 Å². The van der Waals surface area contributed by atoms with Crippen LogP contribution in [0.1, 0.15) is 56.9 Å². The highest BCUT2D eigenvalue weighted by molar-refractivity contribution is 5.99. The van der Waals surface area contributed by atoms with Crippen molar-refractivity contribution in [3.8, 4) is 0 Å². The topological polar surface area (TPSA) is 228 Å². The number of nitrogens with one attached hydrogen (secondary N) is 5. The van der Waals surface area contributed by atoms with E-state index in [4.69, 9.17) is 16.2 Å². The normalized spacial score (nSPS) is 17.9. The highest BCUT2D eigenvalue weighted by Gasteiger charge is 2.46. The summed E-state index contributed by atoms with van der Waals surface area (Å²) in [5.74, 6) is -4.15. The number of para-hydroxylation sites is 1. The maximum Gasteiger partial charge on any atom is 0.408 e. The number of aromatic nitrogens is 1. The van der Waals surface area contributed by atoms with Gasteiger partial charge < -0.3 is 42.5 Å². The van der Waals surface area contributed by atoms with Crippen molar-refractivity contribution in [3.05, 3.63) is 71.4 Å². The number of primary amides is 2. The standard InChI is InChI=1S/C34H43N7O7/c1-4-19(2)28(40-33(47)48-18-21-10-6-5-7-11-21)31(45)41-34(15-14-25-23(17-34)22-12-8-9-13-24(22)38-25)32(46)37-20(3)30(44)39-26(29(36)43)16-27(35)42/h5-13,19-20,26,28,38H,4,14-18H2,1-3H3,(H2,35,42)(H2,36,43)(H,37,46)(H,39,44)(H,40,47)(H,41,45)/t19-,20-,26-,28-,34+/m0/s1. The lowest BCUT2D eigenvalue weighted by molar-refractivity contribution is -0.138. The quantitative estimate of drug-likeness (QED) is 0.133. The zero-order valence-corrected chi connectivity index (χ0v) is 27.3. The molecule has 48 heavy (non-hydrogen) atoms. The number of hydrogen-bond donors (Lipinski definition) is 7. The van der Waals surface area contributed by atoms with E-state index >= 15 is 0 Å². The lowest BCUT2D eigenvalue weighted by atomic mass is 9.78. The first kappa shape index (κ1) is 35.5. The zero-order chi connectivity index (χ0) is 35.0. The van der Waals surface area contributed by atoms with Gasteiger partial charge in [0.2, 0.25) is 29.5 Å². The molecule has 2 aromatic carbocycles. The predicted molar refractivity (Wildman–Crippen MR) is 177 cm³/mol. The molecule has 14 heteroatoms. The van der Waals surface area contributed by atoms with E-state index in [0.29, 0.717) is 12.8 Å². The van der Waals surface area contributed by atoms with Gasteiger partial charge in [-0.1, -0.05) is 68.8 Å². The lowest BCUT2D eigenvalue weighted by Gasteiger charge is -2.39. The number of hydrogen-bond acceptors (Lipinski definition) is 7. The molecule has 5 atom stereocenters. The van der Waals surface area contributed by atoms with E-state index in [1.54, 1.807) is 6.92 Å². The summed E-state index contributed by atoms with van der Waals surface area (Å²) in [6.07, 6.45) is -0.0901. The fraction of sp³-hybridized carbons (Fsp3) is 0.412. The van der Waals surface area contributed by atoms with Gasteiger partial charge in [-0.15, -0.1) is 0 Å². The Bertz CT molecular complexity index is 1670. The molecule has 256 valence electrons. The van der Waals surface area contributed by atoms with Gasteiger partial charge in [-0.05, 0) is 42.9 Å². The minimum Gasteiger partial charge on any atom is -0.445 e. The molecule has 1 aliphatic rings. The van der Waals surface area contributed by atoms with Gasteiger partial charge in [0.25, 0.3) is 0 Å². The number of benzene rings is 2. The Hall–Kier alpha value is -5.40. The second-order valence-corrected chi connectivity index (χ2v) is 12.3. The van der Waals surface area contributed by atoms with Crippen LogP contribution < -0.4 is 32.7 Å². The maximum absolute atomic E-state index is 14.2. The van der Waals surface area contributed by atoms with Crippen molar-refractivity contribution in [2.75, 3.05) is 0 Å². The van der Waals surface area contributed by atoms with Crippen molar-refractivity contribution in [2.24, 2.45) is 17.4 Å². The first-order valence-corrected chi connectivity index (χ1v) is 15.9. The fourth-order valence-electron chi connectivity index (χ4n) is 5.79. The highest BCUT2D eigenvalue weighted by Crippen LogP contribution is 2.34. The summed E-state index contributed by atoms with van der Waals surface area (Å²) in [6.45, 7) is 5.09. The van der Waals surface area contributed by atoms with Crippen molar-refractivity contribution in [1.29, 1.82) is 0 Å². The number of H-pyrrole nitrogens is 1. The number of rotatable bonds is 14. The first-order chi connectivity index (χ1) is 22.8. The molecule has 1 heterocycles. The van der Waals surface area contributed by atoms with E-state index in [2.05, 4.69) is 26.3 Å². The second-order valence-electron chi connectivity index (χ2n) is 12.3. The van der Waals surface area contributed by atoms with E-state index in [1.807, 2.05) is 61.5 Å². The SMILES string of the molecule is CC[C@H](C)[C@H](NC(=O)OCc1ccccc1)C(=O)N[C@]1(C(=O)N[C@@H](C)C(=O)N[C@@H](CC(N)=O)C(N)=O)CCc2[nH]c3ccccc3c2C1. The molecule has 9 N–H and O–H groups in total. The third-order valence-corrected chi connectivity index (χ3v) is 8.77. The number of alkyl carbamates (subject to hydrolysis) is 1. The van der Waals surface area contributed by atoms with Crippen LogP contribution in [0.2, 0.25) is 0 Å². The van der Waals surface area contributed by atoms with Gasteiger partial charge in [0.15, 0.2) is 0 Å². The molecule has 1 aliphatic carbocycles. The van der Waals surface area contributed by atoms with Gasteiger partial charge in [-0.2, -0.15) is 0 Å². The molecule has 6 amide bonds. The molecule has 0 unspecified atom stereocenters. The molecule has 3 aromatic rings. The van der Waals surface area contributed by atoms with Crippen molar-refractivity contribution in [3.63, 3.8) is 0 Å². The third kappa shape index (κ3) is 8.49. The average molecular weight is 662 g/mol. The Balaban J connectivity index is 1.58. The van der Waals surface area contributed by atoms with Crippen LogP contribution in [0.15, 0.2) is 54.6 Å². The van der Waals surface area contributed by atoms with Gasteiger partial charge in [-0.25, -0.2) is 4.79 Å². The number of aromatic amines is 1. The summed E-state index contributed by atoms with van der Waals surface area (Å²) < 4.78 is 5.38. The second kappa shape index (κ2) is 15.5. The van der Waals surface area contributed by atoms with Gasteiger partial charge in [-0.3, -0.25) is 24.0 Å². The number of ether oxygens (including phenoxy) is 1. The molecule has 0 spiro atoms. The van der Waals surface area contributed by atoms with Crippen LogP contribution >= 0.6 is 0 Å². The van der Waals surface area contributed by atoms with Crippen LogP contribution in [-0.2, 0) is 48.2 Å². The van der Waals surface area contributed by atoms with Crippen LogP contribution in [0, 0.1) is 5.92 Å². The zero-order valence-electron chi connectivity index (χ0n) is 27.3. The molecular formula is C34H43N7O7. The summed E-state index contributed by atoms with van der Waals surface area (Å²) in [5.41, 5.74) is 12.4. The van der Waals surface area contributed by atoms with E-state index in [1.165, 1.54) is 6.92 Å². The fourth-order valence-corrected chi connectivity index (χ4v) is 5.79. The van der Waals surface area contributed by atoms with Crippen molar-refractivity contribution < 1.29 is 33.5 Å². The number of carbonyl (C=O) groups is 6. The average Bonchev–Trinajstić information content (AvgIpc) is 3.43. The molecule has 4 rings (SSSR count). The summed E-state index contributed by atoms with van der Waals surface area (Å²) in [5, 5.41) is 11.5. The Kier molecular flexibility index (Phi) is 11.4. The van der Waals surface area contributed by atoms with Crippen LogP contribution in [0.25, 0.3) is 10.9 Å². The van der Waals surface area contributed by atoms with Crippen LogP contribution in [0.4, 0.5) is 4.79 Å². The van der Waals surface area contributed by atoms with E-state index in [9.17, 15) is 28.8 Å². The van der Waals surface area contributed by atoms with Crippen LogP contribution in [0.3, 0.4) is 0 Å². The molecular weight excluding hydrogens is 618 g/mol. The minimum absolute atomic E-state index is 0.00715. The van der Waals surface area contributed by atoms with Crippen molar-refractivity contribution in [2.45, 2.75) is 83.1 Å². The summed E-state index contributed by atoms with van der Waals surface area (Å²) >= 11 is 0. The van der Waals surface area contributed by atoms with Crippen molar-refractivity contribution >= 4 is 46.5 Å². The maximum atomic E-state index is 14.2. The largest absolute Gasteiger partial charge is 0.445 e. The first-order valence-electron chi connectivity index (χ1n) is 15.9. The number of carbonyl (C=O) groups excluding carboxylic acids is 6. The van der Waals surface area contributed by atoms with Gasteiger partial charge >= 0.3 is 6.09 Å². The highest BCUT2D eigenvalue weighted by atomic mass is 16.5. The molecule has 0 saturated heterocycles. The smallest absolute Gasteiger partial charge is 0.408 e. The summed E-state index contributed by atoms with van der Waals surface area (Å²) in [6, 6.07) is 13.1. The van der Waals surface area contributed by atoms with E-state index in [0.717, 1.165) is 27.7 Å². The monoisotopic (exact) mass is 661 g/mol. The Morgan fingerprint density at radius 3 is 2.27 bits per heavy atom. The Morgan fingerprint density at radius 1 is 0.917 bits per heavy atom. The number of aryl methyl sites for hydroxylation is 1. The van der Waals surface area contributed by atoms with Crippen molar-refractivity contribution in [1.82, 2.24) is 26.3 Å². The lowest BCUT2D eigenvalue weighted by Crippen LogP contribution is -2.66. The predicted octanol–water partition coefficient (Wildman–Crippen LogP) is 1.20. The number of nitrogens with two attached hydrogens (primary N) is 2. The number of fused-ring (bicyclic) bond motifs is 3. The van der Waals surface area contributed by atoms with Crippen LogP contribution in [-0.4, -0.2) is 64.3 Å². The molecule has 1 aromatic heterocycles.